The molecule has 1 aromatic rings. The van der Waals surface area contributed by atoms with Crippen molar-refractivity contribution in [1.82, 2.24) is 24.7 Å². The minimum Gasteiger partial charge on any atom is -0.348 e. The normalized spacial score (nSPS) is 28.2. The second-order valence-corrected chi connectivity index (χ2v) is 6.32. The number of hydrogen-bond acceptors (Lipinski definition) is 4. The number of aromatic amines is 1. The maximum atomic E-state index is 11.4. The largest absolute Gasteiger partial charge is 0.348 e. The molecule has 3 rings (SSSR count). The molecule has 6 heteroatoms. The fourth-order valence-corrected chi connectivity index (χ4v) is 3.62. The van der Waals surface area contributed by atoms with Gasteiger partial charge in [0.05, 0.1) is 6.54 Å². The average molecular weight is 291 g/mol. The summed E-state index contributed by atoms with van der Waals surface area (Å²) < 4.78 is 0. The van der Waals surface area contributed by atoms with Crippen molar-refractivity contribution in [3.63, 3.8) is 0 Å². The standard InChI is InChI=1S/C15H25N5O/c1-12-9-18(11-15-16-3-4-17-15)10-14(12)20-7-5-19(6-8-20)13(2)21/h3-4,12,14H,5-11H2,1-2H3,(H,16,17)/t12-,14-/m1/s1. The molecule has 0 unspecified atom stereocenters. The number of piperazine rings is 1. The zero-order valence-corrected chi connectivity index (χ0v) is 13.0. The van der Waals surface area contributed by atoms with E-state index < -0.39 is 0 Å². The molecule has 0 bridgehead atoms. The minimum absolute atomic E-state index is 0.202. The number of nitrogens with one attached hydrogen (secondary N) is 1. The second-order valence-electron chi connectivity index (χ2n) is 6.32. The van der Waals surface area contributed by atoms with E-state index in [9.17, 15) is 4.79 Å². The Morgan fingerprint density at radius 3 is 2.71 bits per heavy atom. The van der Waals surface area contributed by atoms with Crippen LogP contribution in [0, 0.1) is 5.92 Å². The molecule has 1 N–H and O–H groups in total. The van der Waals surface area contributed by atoms with Crippen LogP contribution in [0.5, 0.6) is 0 Å². The predicted octanol–water partition coefficient (Wildman–Crippen LogP) is 0.394. The SMILES string of the molecule is CC(=O)N1CCN([C@@H]2CN(Cc3ncc[nH]3)C[C@H]2C)CC1. The number of nitrogens with zero attached hydrogens (tertiary/aromatic N) is 4. The fraction of sp³-hybridized carbons (Fsp3) is 0.733. The Morgan fingerprint density at radius 1 is 1.33 bits per heavy atom. The molecular weight excluding hydrogens is 266 g/mol. The summed E-state index contributed by atoms with van der Waals surface area (Å²) in [4.78, 5) is 25.9. The van der Waals surface area contributed by atoms with Gasteiger partial charge >= 0.3 is 0 Å². The molecule has 21 heavy (non-hydrogen) atoms. The topological polar surface area (TPSA) is 55.5 Å². The van der Waals surface area contributed by atoms with Crippen molar-refractivity contribution < 1.29 is 4.79 Å². The maximum absolute atomic E-state index is 11.4. The zero-order valence-electron chi connectivity index (χ0n) is 13.0. The Morgan fingerprint density at radius 2 is 2.10 bits per heavy atom. The molecule has 2 aliphatic heterocycles. The van der Waals surface area contributed by atoms with Crippen LogP contribution in [0.3, 0.4) is 0 Å². The highest BCUT2D eigenvalue weighted by Gasteiger charge is 2.35. The lowest BCUT2D eigenvalue weighted by atomic mass is 10.0. The van der Waals surface area contributed by atoms with Crippen LogP contribution in [0.1, 0.15) is 19.7 Å². The van der Waals surface area contributed by atoms with E-state index >= 15 is 0 Å². The highest BCUT2D eigenvalue weighted by atomic mass is 16.2. The third kappa shape index (κ3) is 3.27. The summed E-state index contributed by atoms with van der Waals surface area (Å²) in [5.41, 5.74) is 0. The van der Waals surface area contributed by atoms with Gasteiger partial charge in [0.2, 0.25) is 5.91 Å². The van der Waals surface area contributed by atoms with Gasteiger partial charge in [-0.15, -0.1) is 0 Å². The van der Waals surface area contributed by atoms with Crippen LogP contribution in [0.25, 0.3) is 0 Å². The van der Waals surface area contributed by atoms with E-state index in [1.165, 1.54) is 0 Å². The van der Waals surface area contributed by atoms with Gasteiger partial charge in [0.15, 0.2) is 0 Å². The summed E-state index contributed by atoms with van der Waals surface area (Å²) in [7, 11) is 0. The van der Waals surface area contributed by atoms with Crippen molar-refractivity contribution in [2.24, 2.45) is 5.92 Å². The lowest BCUT2D eigenvalue weighted by Crippen LogP contribution is -2.53. The number of amides is 1. The molecule has 1 amide bonds. The van der Waals surface area contributed by atoms with Crippen molar-refractivity contribution in [1.29, 1.82) is 0 Å². The zero-order chi connectivity index (χ0) is 14.8. The summed E-state index contributed by atoms with van der Waals surface area (Å²) in [6.07, 6.45) is 3.70. The van der Waals surface area contributed by atoms with Gasteiger partial charge < -0.3 is 9.88 Å². The lowest BCUT2D eigenvalue weighted by molar-refractivity contribution is -0.130. The number of carbonyl (C=O) groups excluding carboxylic acids is 1. The number of carbonyl (C=O) groups is 1. The van der Waals surface area contributed by atoms with Crippen LogP contribution in [-0.4, -0.2) is 75.9 Å². The van der Waals surface area contributed by atoms with E-state index in [4.69, 9.17) is 0 Å². The van der Waals surface area contributed by atoms with E-state index in [0.717, 1.165) is 51.6 Å². The van der Waals surface area contributed by atoms with E-state index in [1.54, 1.807) is 6.92 Å². The van der Waals surface area contributed by atoms with Gasteiger partial charge in [-0.05, 0) is 5.92 Å². The molecule has 6 nitrogen and oxygen atoms in total. The molecule has 116 valence electrons. The molecule has 0 aromatic carbocycles. The highest BCUT2D eigenvalue weighted by molar-refractivity contribution is 5.73. The first-order chi connectivity index (χ1) is 10.1. The van der Waals surface area contributed by atoms with Gasteiger partial charge in [0.25, 0.3) is 0 Å². The average Bonchev–Trinajstić information content (AvgIpc) is 3.09. The molecular formula is C15H25N5O. The molecule has 0 spiro atoms. The summed E-state index contributed by atoms with van der Waals surface area (Å²) in [6, 6.07) is 0.606. The number of H-pyrrole nitrogens is 1. The van der Waals surface area contributed by atoms with Gasteiger partial charge in [0, 0.05) is 64.6 Å². The Bertz CT molecular complexity index is 466. The highest BCUT2D eigenvalue weighted by Crippen LogP contribution is 2.23. The monoisotopic (exact) mass is 291 g/mol. The predicted molar refractivity (Wildman–Crippen MR) is 80.6 cm³/mol. The molecule has 1 aromatic heterocycles. The van der Waals surface area contributed by atoms with Crippen LogP contribution in [0.4, 0.5) is 0 Å². The van der Waals surface area contributed by atoms with E-state index in [1.807, 2.05) is 17.3 Å². The van der Waals surface area contributed by atoms with Crippen molar-refractivity contribution in [3.8, 4) is 0 Å². The lowest BCUT2D eigenvalue weighted by Gasteiger charge is -2.39. The Kier molecular flexibility index (Phi) is 4.26. The van der Waals surface area contributed by atoms with Gasteiger partial charge in [-0.2, -0.15) is 0 Å². The third-order valence-electron chi connectivity index (χ3n) is 4.81. The first-order valence-electron chi connectivity index (χ1n) is 7.83. The molecule has 2 aliphatic rings. The van der Waals surface area contributed by atoms with Crippen LogP contribution >= 0.6 is 0 Å². The van der Waals surface area contributed by atoms with Crippen LogP contribution < -0.4 is 0 Å². The number of rotatable bonds is 3. The Balaban J connectivity index is 1.53. The molecule has 0 radical (unpaired) electrons. The molecule has 2 saturated heterocycles. The Hall–Kier alpha value is -1.40. The van der Waals surface area contributed by atoms with Crippen LogP contribution in [-0.2, 0) is 11.3 Å². The summed E-state index contributed by atoms with van der Waals surface area (Å²) in [6.45, 7) is 10.9. The number of likely N-dealkylation sites (tertiary alicyclic amines) is 1. The van der Waals surface area contributed by atoms with E-state index in [2.05, 4.69) is 26.7 Å². The smallest absolute Gasteiger partial charge is 0.219 e. The van der Waals surface area contributed by atoms with E-state index in [0.29, 0.717) is 12.0 Å². The number of aromatic nitrogens is 2. The molecule has 2 fully saturated rings. The van der Waals surface area contributed by atoms with Gasteiger partial charge in [-0.3, -0.25) is 14.6 Å². The number of imidazole rings is 1. The van der Waals surface area contributed by atoms with Gasteiger partial charge in [0.1, 0.15) is 5.82 Å². The summed E-state index contributed by atoms with van der Waals surface area (Å²) >= 11 is 0. The minimum atomic E-state index is 0.202. The second kappa shape index (κ2) is 6.15. The first kappa shape index (κ1) is 14.5. The van der Waals surface area contributed by atoms with Gasteiger partial charge in [-0.1, -0.05) is 6.92 Å². The van der Waals surface area contributed by atoms with Crippen LogP contribution in [0.2, 0.25) is 0 Å². The van der Waals surface area contributed by atoms with E-state index in [-0.39, 0.29) is 5.91 Å². The van der Waals surface area contributed by atoms with Gasteiger partial charge in [-0.25, -0.2) is 4.98 Å². The fourth-order valence-electron chi connectivity index (χ4n) is 3.62. The maximum Gasteiger partial charge on any atom is 0.219 e. The molecule has 3 heterocycles. The van der Waals surface area contributed by atoms with Crippen molar-refractivity contribution >= 4 is 5.91 Å². The molecule has 2 atom stereocenters. The van der Waals surface area contributed by atoms with Crippen molar-refractivity contribution in [2.75, 3.05) is 39.3 Å². The third-order valence-corrected chi connectivity index (χ3v) is 4.81. The van der Waals surface area contributed by atoms with Crippen molar-refractivity contribution in [3.05, 3.63) is 18.2 Å². The first-order valence-corrected chi connectivity index (χ1v) is 7.83. The summed E-state index contributed by atoms with van der Waals surface area (Å²) in [5.74, 6) is 1.92. The van der Waals surface area contributed by atoms with Crippen LogP contribution in [0.15, 0.2) is 12.4 Å². The number of hydrogen-bond donors (Lipinski definition) is 1. The summed E-state index contributed by atoms with van der Waals surface area (Å²) in [5, 5.41) is 0. The Labute approximate surface area is 126 Å². The molecule has 0 saturated carbocycles. The molecule has 0 aliphatic carbocycles. The van der Waals surface area contributed by atoms with Crippen molar-refractivity contribution in [2.45, 2.75) is 26.4 Å². The quantitative estimate of drug-likeness (QED) is 0.875.